The summed E-state index contributed by atoms with van der Waals surface area (Å²) in [6, 6.07) is 11.9. The molecule has 0 amide bonds. The molecule has 1 aromatic heterocycles. The maximum Gasteiger partial charge on any atom is 0.335 e. The van der Waals surface area contributed by atoms with Crippen LogP contribution in [0.2, 0.25) is 0 Å². The zero-order valence-electron chi connectivity index (χ0n) is 18.4. The van der Waals surface area contributed by atoms with Crippen molar-refractivity contribution >= 4 is 16.9 Å². The molecule has 4 aromatic rings. The summed E-state index contributed by atoms with van der Waals surface area (Å²) < 4.78 is 49.6. The van der Waals surface area contributed by atoms with Crippen LogP contribution < -0.4 is 0 Å². The lowest BCUT2D eigenvalue weighted by atomic mass is 9.58. The number of benzene rings is 3. The number of phenols is 1. The van der Waals surface area contributed by atoms with E-state index < -0.39 is 23.4 Å². The molecule has 0 bridgehead atoms. The number of aromatic nitrogens is 1. The average molecular weight is 479 g/mol. The molecule has 5 nitrogen and oxygen atoms in total. The molecule has 8 heteroatoms. The highest BCUT2D eigenvalue weighted by atomic mass is 19.2. The van der Waals surface area contributed by atoms with Crippen LogP contribution in [0, 0.1) is 22.9 Å². The number of carboxylic acid groups (broad SMARTS) is 1. The number of aromatic hydroxyl groups is 1. The molecule has 0 atom stereocenters. The zero-order valence-corrected chi connectivity index (χ0v) is 18.4. The summed E-state index contributed by atoms with van der Waals surface area (Å²) >= 11 is 0. The van der Waals surface area contributed by atoms with Crippen molar-refractivity contribution in [3.63, 3.8) is 0 Å². The topological polar surface area (TPSA) is 71.7 Å². The van der Waals surface area contributed by atoms with Crippen molar-refractivity contribution in [2.45, 2.75) is 18.8 Å². The van der Waals surface area contributed by atoms with Gasteiger partial charge in [0.05, 0.1) is 30.0 Å². The summed E-state index contributed by atoms with van der Waals surface area (Å²) in [5, 5.41) is 20.6. The molecule has 35 heavy (non-hydrogen) atoms. The lowest BCUT2D eigenvalue weighted by molar-refractivity contribution is -0.164. The summed E-state index contributed by atoms with van der Waals surface area (Å²) in [7, 11) is 0. The molecule has 1 saturated carbocycles. The smallest absolute Gasteiger partial charge is 0.335 e. The Bertz CT molecular complexity index is 1500. The third-order valence-electron chi connectivity index (χ3n) is 7.20. The minimum Gasteiger partial charge on any atom is -0.507 e. The van der Waals surface area contributed by atoms with Crippen LogP contribution in [-0.4, -0.2) is 34.0 Å². The Morgan fingerprint density at radius 2 is 1.69 bits per heavy atom. The number of aromatic carboxylic acids is 1. The maximum atomic E-state index is 14.5. The molecule has 0 unspecified atom stereocenters. The molecule has 2 heterocycles. The first kappa shape index (κ1) is 21.7. The van der Waals surface area contributed by atoms with Gasteiger partial charge >= 0.3 is 5.97 Å². The normalized spacial score (nSPS) is 16.9. The van der Waals surface area contributed by atoms with Crippen molar-refractivity contribution in [1.82, 2.24) is 4.57 Å². The predicted molar refractivity (Wildman–Crippen MR) is 122 cm³/mol. The molecule has 2 fully saturated rings. The van der Waals surface area contributed by atoms with E-state index in [4.69, 9.17) is 4.74 Å². The molecule has 1 saturated heterocycles. The first-order valence-corrected chi connectivity index (χ1v) is 11.2. The van der Waals surface area contributed by atoms with Gasteiger partial charge in [-0.15, -0.1) is 0 Å². The highest BCUT2D eigenvalue weighted by molar-refractivity contribution is 5.99. The number of hydrogen-bond donors (Lipinski definition) is 2. The van der Waals surface area contributed by atoms with Crippen LogP contribution in [0.5, 0.6) is 5.75 Å². The number of hydrogen-bond acceptors (Lipinski definition) is 3. The van der Waals surface area contributed by atoms with E-state index in [1.807, 2.05) is 0 Å². The van der Waals surface area contributed by atoms with E-state index in [0.717, 1.165) is 36.6 Å². The van der Waals surface area contributed by atoms with E-state index in [1.165, 1.54) is 24.3 Å². The number of rotatable bonds is 4. The van der Waals surface area contributed by atoms with Gasteiger partial charge in [0.2, 0.25) is 0 Å². The Morgan fingerprint density at radius 1 is 0.971 bits per heavy atom. The summed E-state index contributed by atoms with van der Waals surface area (Å²) in [5.74, 6) is -4.06. The zero-order chi connectivity index (χ0) is 24.5. The van der Waals surface area contributed by atoms with Crippen LogP contribution in [0.1, 0.15) is 34.7 Å². The molecule has 2 N–H and O–H groups in total. The van der Waals surface area contributed by atoms with E-state index in [9.17, 15) is 28.2 Å². The third kappa shape index (κ3) is 3.31. The highest BCUT2D eigenvalue weighted by Gasteiger charge is 2.51. The van der Waals surface area contributed by atoms with Crippen LogP contribution in [0.25, 0.3) is 27.8 Å². The standard InChI is InChI=1S/C27H20F3NO4/c28-17-7-21-24(22(32)8-17)23(16-10-27(11-16)12-35-13-27)25(14-1-3-15(4-2-14)26(33)34)31(21)18-5-6-19(29)20(30)9-18/h1-9,16,32H,10-13H2,(H,33,34). The van der Waals surface area contributed by atoms with Crippen molar-refractivity contribution in [3.05, 3.63) is 83.2 Å². The number of fused-ring (bicyclic) bond motifs is 1. The lowest BCUT2D eigenvalue weighted by Crippen LogP contribution is -2.51. The first-order valence-electron chi connectivity index (χ1n) is 11.2. The summed E-state index contributed by atoms with van der Waals surface area (Å²) in [6.07, 6.45) is 1.61. The third-order valence-corrected chi connectivity index (χ3v) is 7.20. The van der Waals surface area contributed by atoms with Gasteiger partial charge < -0.3 is 19.5 Å². The Morgan fingerprint density at radius 3 is 2.29 bits per heavy atom. The molecule has 2 aliphatic rings. The van der Waals surface area contributed by atoms with E-state index in [0.29, 0.717) is 35.4 Å². The molecule has 1 aliphatic carbocycles. The van der Waals surface area contributed by atoms with Gasteiger partial charge in [0.25, 0.3) is 0 Å². The van der Waals surface area contributed by atoms with Crippen LogP contribution in [0.15, 0.2) is 54.6 Å². The minimum absolute atomic E-state index is 0.0125. The number of phenolic OH excluding ortho intramolecular Hbond substituents is 1. The van der Waals surface area contributed by atoms with Gasteiger partial charge in [-0.25, -0.2) is 18.0 Å². The van der Waals surface area contributed by atoms with Gasteiger partial charge in [-0.1, -0.05) is 12.1 Å². The van der Waals surface area contributed by atoms with Crippen molar-refractivity contribution in [2.24, 2.45) is 5.41 Å². The SMILES string of the molecule is O=C(O)c1ccc(-c2c(C3CC4(COC4)C3)c3c(O)cc(F)cc3n2-c2ccc(F)c(F)c2)cc1. The van der Waals surface area contributed by atoms with Gasteiger partial charge in [0, 0.05) is 28.6 Å². The number of ether oxygens (including phenoxy) is 1. The lowest BCUT2D eigenvalue weighted by Gasteiger charge is -2.53. The number of halogens is 3. The van der Waals surface area contributed by atoms with E-state index in [2.05, 4.69) is 0 Å². The quantitative estimate of drug-likeness (QED) is 0.376. The number of carboxylic acids is 1. The van der Waals surface area contributed by atoms with Gasteiger partial charge in [-0.05, 0) is 60.2 Å². The fourth-order valence-corrected chi connectivity index (χ4v) is 5.55. The monoisotopic (exact) mass is 479 g/mol. The van der Waals surface area contributed by atoms with Crippen LogP contribution >= 0.6 is 0 Å². The average Bonchev–Trinajstić information content (AvgIpc) is 3.09. The fourth-order valence-electron chi connectivity index (χ4n) is 5.55. The molecule has 6 rings (SSSR count). The van der Waals surface area contributed by atoms with E-state index >= 15 is 0 Å². The Labute approximate surface area is 198 Å². The van der Waals surface area contributed by atoms with Gasteiger partial charge in [0.1, 0.15) is 11.6 Å². The van der Waals surface area contributed by atoms with Gasteiger partial charge in [-0.2, -0.15) is 0 Å². The largest absolute Gasteiger partial charge is 0.507 e. The summed E-state index contributed by atoms with van der Waals surface area (Å²) in [4.78, 5) is 11.4. The Hall–Kier alpha value is -3.78. The van der Waals surface area contributed by atoms with Crippen LogP contribution in [-0.2, 0) is 4.74 Å². The molecule has 1 aliphatic heterocycles. The maximum absolute atomic E-state index is 14.5. The van der Waals surface area contributed by atoms with Crippen molar-refractivity contribution in [1.29, 1.82) is 0 Å². The molecule has 0 radical (unpaired) electrons. The molecule has 1 spiro atoms. The highest BCUT2D eigenvalue weighted by Crippen LogP contribution is 2.59. The molecule has 178 valence electrons. The molecular weight excluding hydrogens is 459 g/mol. The number of nitrogens with zero attached hydrogens (tertiary/aromatic N) is 1. The predicted octanol–water partition coefficient (Wildman–Crippen LogP) is 6.01. The number of carbonyl (C=O) groups is 1. The molecular formula is C27H20F3NO4. The van der Waals surface area contributed by atoms with Crippen molar-refractivity contribution in [3.8, 4) is 22.7 Å². The second-order valence-corrected chi connectivity index (χ2v) is 9.50. The summed E-state index contributed by atoms with van der Waals surface area (Å²) in [5.41, 5.74) is 2.69. The van der Waals surface area contributed by atoms with Crippen molar-refractivity contribution < 1.29 is 32.9 Å². The first-order chi connectivity index (χ1) is 16.8. The Kier molecular flexibility index (Phi) is 4.73. The van der Waals surface area contributed by atoms with E-state index in [-0.39, 0.29) is 28.3 Å². The fraction of sp³-hybridized carbons (Fsp3) is 0.222. The second kappa shape index (κ2) is 7.61. The minimum atomic E-state index is -1.08. The summed E-state index contributed by atoms with van der Waals surface area (Å²) in [6.45, 7) is 1.32. The van der Waals surface area contributed by atoms with Crippen molar-refractivity contribution in [2.75, 3.05) is 13.2 Å². The molecule has 3 aromatic carbocycles. The van der Waals surface area contributed by atoms with Gasteiger partial charge in [-0.3, -0.25) is 0 Å². The van der Waals surface area contributed by atoms with Gasteiger partial charge in [0.15, 0.2) is 11.6 Å². The Balaban J connectivity index is 1.67. The van der Waals surface area contributed by atoms with E-state index in [1.54, 1.807) is 16.7 Å². The van der Waals surface area contributed by atoms with Crippen LogP contribution in [0.4, 0.5) is 13.2 Å². The van der Waals surface area contributed by atoms with Crippen LogP contribution in [0.3, 0.4) is 0 Å². The second-order valence-electron chi connectivity index (χ2n) is 9.50.